The van der Waals surface area contributed by atoms with Gasteiger partial charge in [-0.25, -0.2) is 9.97 Å². The molecule has 2 aromatic rings. The van der Waals surface area contributed by atoms with Gasteiger partial charge >= 0.3 is 0 Å². The molecule has 5 heteroatoms. The second-order valence-corrected chi connectivity index (χ2v) is 6.32. The van der Waals surface area contributed by atoms with Crippen molar-refractivity contribution < 1.29 is 0 Å². The summed E-state index contributed by atoms with van der Waals surface area (Å²) in [7, 11) is 0. The fourth-order valence-corrected chi connectivity index (χ4v) is 2.79. The van der Waals surface area contributed by atoms with Gasteiger partial charge in [-0.15, -0.1) is 0 Å². The van der Waals surface area contributed by atoms with Crippen LogP contribution in [0.3, 0.4) is 0 Å². The number of nitrogens with one attached hydrogen (secondary N) is 1. The third kappa shape index (κ3) is 3.66. The van der Waals surface area contributed by atoms with E-state index in [1.807, 2.05) is 12.3 Å². The van der Waals surface area contributed by atoms with E-state index in [2.05, 4.69) is 79.8 Å². The predicted octanol–water partition coefficient (Wildman–Crippen LogP) is 4.64. The minimum atomic E-state index is 0.742. The summed E-state index contributed by atoms with van der Waals surface area (Å²) in [5.74, 6) is 1.64. The monoisotopic (exact) mass is 431 g/mol. The van der Waals surface area contributed by atoms with Crippen LogP contribution >= 0.6 is 38.5 Å². The molecule has 3 nitrogen and oxygen atoms in total. The van der Waals surface area contributed by atoms with Gasteiger partial charge in [-0.2, -0.15) is 0 Å². The maximum atomic E-state index is 4.61. The zero-order chi connectivity index (χ0) is 13.8. The van der Waals surface area contributed by atoms with Crippen molar-refractivity contribution in [2.45, 2.75) is 20.3 Å². The molecular weight excluding hydrogens is 417 g/mol. The largest absolute Gasteiger partial charge is 0.369 e. The number of rotatable bonds is 4. The SMILES string of the molecule is CCCNc1nc(-c2ccc(C)cc2Br)ncc1I. The standard InChI is InChI=1S/C14H15BrIN3/c1-3-6-17-14-12(16)8-18-13(19-14)10-5-4-9(2)7-11(10)15/h4-5,7-8H,3,6H2,1-2H3,(H,17,18,19). The van der Waals surface area contributed by atoms with Crippen LogP contribution in [0.2, 0.25) is 0 Å². The van der Waals surface area contributed by atoms with Crippen LogP contribution in [0.4, 0.5) is 5.82 Å². The van der Waals surface area contributed by atoms with Crippen molar-refractivity contribution in [2.75, 3.05) is 11.9 Å². The fourth-order valence-electron chi connectivity index (χ4n) is 1.67. The van der Waals surface area contributed by atoms with E-state index in [1.54, 1.807) is 0 Å². The molecule has 0 aliphatic rings. The molecule has 0 radical (unpaired) electrons. The number of hydrogen-bond acceptors (Lipinski definition) is 3. The highest BCUT2D eigenvalue weighted by atomic mass is 127. The van der Waals surface area contributed by atoms with E-state index in [1.165, 1.54) is 5.56 Å². The molecule has 0 bridgehead atoms. The molecule has 1 aromatic carbocycles. The smallest absolute Gasteiger partial charge is 0.162 e. The quantitative estimate of drug-likeness (QED) is 0.716. The Morgan fingerprint density at radius 2 is 2.16 bits per heavy atom. The zero-order valence-corrected chi connectivity index (χ0v) is 14.6. The minimum absolute atomic E-state index is 0.742. The first-order valence-corrected chi connectivity index (χ1v) is 8.02. The number of aromatic nitrogens is 2. The van der Waals surface area contributed by atoms with E-state index in [0.717, 1.165) is 38.2 Å². The average molecular weight is 432 g/mol. The predicted molar refractivity (Wildman–Crippen MR) is 91.4 cm³/mol. The highest BCUT2D eigenvalue weighted by molar-refractivity contribution is 14.1. The van der Waals surface area contributed by atoms with Gasteiger partial charge < -0.3 is 5.32 Å². The first kappa shape index (κ1) is 14.7. The number of anilines is 1. The Morgan fingerprint density at radius 3 is 2.84 bits per heavy atom. The van der Waals surface area contributed by atoms with E-state index in [9.17, 15) is 0 Å². The zero-order valence-electron chi connectivity index (χ0n) is 10.9. The van der Waals surface area contributed by atoms with Gasteiger partial charge in [0.25, 0.3) is 0 Å². The molecule has 0 fully saturated rings. The molecule has 0 saturated heterocycles. The highest BCUT2D eigenvalue weighted by Crippen LogP contribution is 2.28. The molecule has 19 heavy (non-hydrogen) atoms. The molecule has 1 heterocycles. The lowest BCUT2D eigenvalue weighted by Crippen LogP contribution is -2.05. The lowest BCUT2D eigenvalue weighted by Gasteiger charge is -2.09. The summed E-state index contributed by atoms with van der Waals surface area (Å²) in [5.41, 5.74) is 2.23. The molecule has 0 unspecified atom stereocenters. The summed E-state index contributed by atoms with van der Waals surface area (Å²) >= 11 is 5.83. The summed E-state index contributed by atoms with van der Waals surface area (Å²) in [6, 6.07) is 6.20. The minimum Gasteiger partial charge on any atom is -0.369 e. The lowest BCUT2D eigenvalue weighted by molar-refractivity contribution is 0.963. The highest BCUT2D eigenvalue weighted by Gasteiger charge is 2.09. The molecule has 0 amide bonds. The molecule has 0 aliphatic carbocycles. The molecule has 0 aliphatic heterocycles. The summed E-state index contributed by atoms with van der Waals surface area (Å²) < 4.78 is 2.06. The Kier molecular flexibility index (Phi) is 5.15. The Bertz CT molecular complexity index is 587. The van der Waals surface area contributed by atoms with Crippen LogP contribution in [0, 0.1) is 10.5 Å². The van der Waals surface area contributed by atoms with Crippen LogP contribution in [0.25, 0.3) is 11.4 Å². The molecule has 1 N–H and O–H groups in total. The Morgan fingerprint density at radius 1 is 1.37 bits per heavy atom. The summed E-state index contributed by atoms with van der Waals surface area (Å²) in [6.45, 7) is 5.12. The van der Waals surface area contributed by atoms with Gasteiger partial charge in [-0.1, -0.05) is 28.9 Å². The van der Waals surface area contributed by atoms with Crippen molar-refractivity contribution in [2.24, 2.45) is 0 Å². The van der Waals surface area contributed by atoms with Crippen molar-refractivity contribution in [3.63, 3.8) is 0 Å². The molecule has 2 rings (SSSR count). The van der Waals surface area contributed by atoms with Gasteiger partial charge in [0.05, 0.1) is 3.57 Å². The topological polar surface area (TPSA) is 37.8 Å². The normalized spacial score (nSPS) is 10.5. The van der Waals surface area contributed by atoms with Crippen LogP contribution < -0.4 is 5.32 Å². The van der Waals surface area contributed by atoms with Gasteiger partial charge in [0, 0.05) is 22.8 Å². The second kappa shape index (κ2) is 6.65. The van der Waals surface area contributed by atoms with E-state index in [0.29, 0.717) is 0 Å². The van der Waals surface area contributed by atoms with Crippen molar-refractivity contribution >= 4 is 44.3 Å². The number of aryl methyl sites for hydroxylation is 1. The van der Waals surface area contributed by atoms with Gasteiger partial charge in [0.1, 0.15) is 5.82 Å². The van der Waals surface area contributed by atoms with Gasteiger partial charge in [0.15, 0.2) is 5.82 Å². The molecule has 0 saturated carbocycles. The maximum absolute atomic E-state index is 4.61. The van der Waals surface area contributed by atoms with Gasteiger partial charge in [-0.3, -0.25) is 0 Å². The molecular formula is C14H15BrIN3. The van der Waals surface area contributed by atoms with Crippen molar-refractivity contribution in [3.05, 3.63) is 38.0 Å². The third-order valence-electron chi connectivity index (χ3n) is 2.65. The van der Waals surface area contributed by atoms with Crippen LogP contribution in [-0.2, 0) is 0 Å². The first-order valence-electron chi connectivity index (χ1n) is 6.14. The molecule has 0 spiro atoms. The van der Waals surface area contributed by atoms with Crippen molar-refractivity contribution in [1.82, 2.24) is 9.97 Å². The molecule has 100 valence electrons. The van der Waals surface area contributed by atoms with Crippen LogP contribution in [0.5, 0.6) is 0 Å². The second-order valence-electron chi connectivity index (χ2n) is 4.30. The number of benzene rings is 1. The molecule has 1 aromatic heterocycles. The van der Waals surface area contributed by atoms with Crippen LogP contribution in [0.1, 0.15) is 18.9 Å². The van der Waals surface area contributed by atoms with Crippen molar-refractivity contribution in [3.8, 4) is 11.4 Å². The van der Waals surface area contributed by atoms with E-state index < -0.39 is 0 Å². The molecule has 0 atom stereocenters. The fraction of sp³-hybridized carbons (Fsp3) is 0.286. The van der Waals surface area contributed by atoms with Crippen LogP contribution in [-0.4, -0.2) is 16.5 Å². The van der Waals surface area contributed by atoms with Crippen molar-refractivity contribution in [1.29, 1.82) is 0 Å². The number of hydrogen-bond donors (Lipinski definition) is 1. The Balaban J connectivity index is 2.39. The lowest BCUT2D eigenvalue weighted by atomic mass is 10.1. The maximum Gasteiger partial charge on any atom is 0.162 e. The third-order valence-corrected chi connectivity index (χ3v) is 4.10. The Hall–Kier alpha value is -0.690. The summed E-state index contributed by atoms with van der Waals surface area (Å²) in [4.78, 5) is 9.03. The average Bonchev–Trinajstić information content (AvgIpc) is 2.38. The Labute approximate surface area is 135 Å². The summed E-state index contributed by atoms with van der Waals surface area (Å²) in [5, 5.41) is 3.33. The van der Waals surface area contributed by atoms with Gasteiger partial charge in [-0.05, 0) is 53.6 Å². The van der Waals surface area contributed by atoms with Gasteiger partial charge in [0.2, 0.25) is 0 Å². The van der Waals surface area contributed by atoms with Crippen LogP contribution in [0.15, 0.2) is 28.9 Å². The first-order chi connectivity index (χ1) is 9.11. The number of halogens is 2. The number of nitrogens with zero attached hydrogens (tertiary/aromatic N) is 2. The summed E-state index contributed by atoms with van der Waals surface area (Å²) in [6.07, 6.45) is 2.93. The van der Waals surface area contributed by atoms with E-state index >= 15 is 0 Å². The van der Waals surface area contributed by atoms with E-state index in [4.69, 9.17) is 0 Å². The van der Waals surface area contributed by atoms with E-state index in [-0.39, 0.29) is 0 Å².